The van der Waals surface area contributed by atoms with Crippen molar-refractivity contribution in [2.45, 2.75) is 6.42 Å². The summed E-state index contributed by atoms with van der Waals surface area (Å²) in [5.41, 5.74) is 1.67. The van der Waals surface area contributed by atoms with Gasteiger partial charge in [-0.1, -0.05) is 11.8 Å². The zero-order valence-electron chi connectivity index (χ0n) is 13.2. The highest BCUT2D eigenvalue weighted by Gasteiger charge is 2.21. The Bertz CT molecular complexity index is 823. The summed E-state index contributed by atoms with van der Waals surface area (Å²) in [4.78, 5) is 29.7. The molecule has 0 aliphatic carbocycles. The van der Waals surface area contributed by atoms with Gasteiger partial charge in [-0.15, -0.1) is 11.3 Å². The molecule has 0 radical (unpaired) electrons. The first-order chi connectivity index (χ1) is 12.2. The topological polar surface area (TPSA) is 80.8 Å². The normalized spacial score (nSPS) is 15.7. The van der Waals surface area contributed by atoms with E-state index in [2.05, 4.69) is 10.3 Å². The molecule has 0 unspecified atom stereocenters. The molecule has 1 N–H and O–H groups in total. The molecule has 1 fully saturated rings. The van der Waals surface area contributed by atoms with E-state index in [-0.39, 0.29) is 24.4 Å². The molecule has 2 aliphatic rings. The fraction of sp³-hybridized carbons (Fsp3) is 0.312. The first kappa shape index (κ1) is 16.2. The van der Waals surface area contributed by atoms with Crippen molar-refractivity contribution in [2.24, 2.45) is 0 Å². The van der Waals surface area contributed by atoms with E-state index in [0.717, 1.165) is 22.8 Å². The number of rotatable bonds is 5. The van der Waals surface area contributed by atoms with Gasteiger partial charge in [-0.2, -0.15) is 0 Å². The van der Waals surface area contributed by atoms with Crippen molar-refractivity contribution in [3.63, 3.8) is 0 Å². The number of carbonyl (C=O) groups excluding carboxylic acids is 2. The van der Waals surface area contributed by atoms with Gasteiger partial charge in [-0.05, 0) is 18.2 Å². The van der Waals surface area contributed by atoms with Gasteiger partial charge in [0.1, 0.15) is 0 Å². The first-order valence-corrected chi connectivity index (χ1v) is 9.63. The third kappa shape index (κ3) is 3.57. The summed E-state index contributed by atoms with van der Waals surface area (Å²) in [5, 5.41) is 5.26. The molecular weight excluding hydrogens is 362 g/mol. The van der Waals surface area contributed by atoms with E-state index < -0.39 is 0 Å². The third-order valence-electron chi connectivity index (χ3n) is 3.87. The monoisotopic (exact) mass is 377 g/mol. The lowest BCUT2D eigenvalue weighted by atomic mass is 10.1. The maximum absolute atomic E-state index is 12.0. The van der Waals surface area contributed by atoms with Crippen LogP contribution in [0.15, 0.2) is 23.6 Å². The van der Waals surface area contributed by atoms with Crippen LogP contribution in [0.3, 0.4) is 0 Å². The molecule has 4 rings (SSSR count). The largest absolute Gasteiger partial charge is 0.454 e. The number of carbonyl (C=O) groups is 2. The van der Waals surface area contributed by atoms with Crippen LogP contribution in [0.25, 0.3) is 11.3 Å². The van der Waals surface area contributed by atoms with Crippen LogP contribution in [-0.2, 0) is 4.79 Å². The Balaban J connectivity index is 1.36. The maximum Gasteiger partial charge on any atom is 0.281 e. The third-order valence-corrected chi connectivity index (χ3v) is 5.52. The standard InChI is InChI=1S/C16H15N3O4S2/c20-14(3-4-19-5-6-24-16(19)21)18-15-17-11(8-25-15)10-1-2-12-13(7-10)23-9-22-12/h1-2,7-8H,3-6,9H2,(H,17,18,20). The smallest absolute Gasteiger partial charge is 0.281 e. The van der Waals surface area contributed by atoms with E-state index in [9.17, 15) is 9.59 Å². The summed E-state index contributed by atoms with van der Waals surface area (Å²) in [6.07, 6.45) is 0.269. The van der Waals surface area contributed by atoms with Gasteiger partial charge in [0.15, 0.2) is 16.6 Å². The van der Waals surface area contributed by atoms with Crippen molar-refractivity contribution in [2.75, 3.05) is 31.0 Å². The van der Waals surface area contributed by atoms with Crippen LogP contribution < -0.4 is 14.8 Å². The number of thiazole rings is 1. The number of anilines is 1. The highest BCUT2D eigenvalue weighted by Crippen LogP contribution is 2.36. The molecule has 3 heterocycles. The molecule has 7 nitrogen and oxygen atoms in total. The SMILES string of the molecule is O=C(CCN1CCSC1=O)Nc1nc(-c2ccc3c(c2)OCO3)cs1. The summed E-state index contributed by atoms with van der Waals surface area (Å²) < 4.78 is 10.7. The highest BCUT2D eigenvalue weighted by atomic mass is 32.2. The number of fused-ring (bicyclic) bond motifs is 1. The fourth-order valence-electron chi connectivity index (χ4n) is 2.57. The van der Waals surface area contributed by atoms with Gasteiger partial charge in [0.05, 0.1) is 5.69 Å². The lowest BCUT2D eigenvalue weighted by molar-refractivity contribution is -0.116. The fourth-order valence-corrected chi connectivity index (χ4v) is 4.15. The van der Waals surface area contributed by atoms with Crippen LogP contribution in [0.2, 0.25) is 0 Å². The number of nitrogens with one attached hydrogen (secondary N) is 1. The van der Waals surface area contributed by atoms with Gasteiger partial charge in [-0.25, -0.2) is 4.98 Å². The van der Waals surface area contributed by atoms with Crippen LogP contribution in [0.1, 0.15) is 6.42 Å². The van der Waals surface area contributed by atoms with Gasteiger partial charge in [0.2, 0.25) is 12.7 Å². The number of benzene rings is 1. The molecule has 2 aromatic rings. The number of amides is 2. The number of nitrogens with zero attached hydrogens (tertiary/aromatic N) is 2. The Morgan fingerprint density at radius 3 is 3.04 bits per heavy atom. The number of thioether (sulfide) groups is 1. The quantitative estimate of drug-likeness (QED) is 0.863. The van der Waals surface area contributed by atoms with E-state index in [4.69, 9.17) is 9.47 Å². The van der Waals surface area contributed by atoms with Gasteiger partial charge in [0, 0.05) is 36.2 Å². The molecule has 2 amide bonds. The lowest BCUT2D eigenvalue weighted by Crippen LogP contribution is -2.27. The van der Waals surface area contributed by atoms with Crippen LogP contribution in [-0.4, -0.2) is 46.7 Å². The van der Waals surface area contributed by atoms with E-state index in [1.54, 1.807) is 4.90 Å². The first-order valence-electron chi connectivity index (χ1n) is 7.76. The summed E-state index contributed by atoms with van der Waals surface area (Å²) in [6.45, 7) is 1.38. The molecular formula is C16H15N3O4S2. The van der Waals surface area contributed by atoms with Crippen molar-refractivity contribution in [1.82, 2.24) is 9.88 Å². The van der Waals surface area contributed by atoms with E-state index in [1.165, 1.54) is 23.1 Å². The predicted molar refractivity (Wildman–Crippen MR) is 96.3 cm³/mol. The summed E-state index contributed by atoms with van der Waals surface area (Å²) >= 11 is 2.66. The minimum absolute atomic E-state index is 0.0483. The number of hydrogen-bond donors (Lipinski definition) is 1. The Labute approximate surface area is 152 Å². The van der Waals surface area contributed by atoms with Crippen LogP contribution >= 0.6 is 23.1 Å². The van der Waals surface area contributed by atoms with Gasteiger partial charge in [-0.3, -0.25) is 9.59 Å². The molecule has 0 spiro atoms. The molecule has 2 aliphatic heterocycles. The van der Waals surface area contributed by atoms with Crippen LogP contribution in [0.5, 0.6) is 11.5 Å². The molecule has 1 aromatic heterocycles. The number of aromatic nitrogens is 1. The summed E-state index contributed by atoms with van der Waals surface area (Å²) in [6, 6.07) is 5.63. The Morgan fingerprint density at radius 1 is 1.32 bits per heavy atom. The predicted octanol–water partition coefficient (Wildman–Crippen LogP) is 3.04. The molecule has 1 saturated heterocycles. The lowest BCUT2D eigenvalue weighted by Gasteiger charge is -2.13. The van der Waals surface area contributed by atoms with Crippen LogP contribution in [0, 0.1) is 0 Å². The second kappa shape index (κ2) is 6.93. The molecule has 0 saturated carbocycles. The van der Waals surface area contributed by atoms with E-state index >= 15 is 0 Å². The summed E-state index contributed by atoms with van der Waals surface area (Å²) in [7, 11) is 0. The van der Waals surface area contributed by atoms with Crippen molar-refractivity contribution < 1.29 is 19.1 Å². The molecule has 9 heteroatoms. The summed E-state index contributed by atoms with van der Waals surface area (Å²) in [5.74, 6) is 2.08. The molecule has 25 heavy (non-hydrogen) atoms. The zero-order valence-corrected chi connectivity index (χ0v) is 14.8. The Hall–Kier alpha value is -2.26. The van der Waals surface area contributed by atoms with Crippen molar-refractivity contribution in [3.05, 3.63) is 23.6 Å². The molecule has 0 bridgehead atoms. The second-order valence-electron chi connectivity index (χ2n) is 5.51. The van der Waals surface area contributed by atoms with Crippen molar-refractivity contribution in [3.8, 4) is 22.8 Å². The number of ether oxygens (including phenoxy) is 2. The average Bonchev–Trinajstić information content (AvgIpc) is 3.33. The van der Waals surface area contributed by atoms with E-state index in [1.807, 2.05) is 23.6 Å². The Kier molecular flexibility index (Phi) is 4.50. The second-order valence-corrected chi connectivity index (χ2v) is 7.41. The maximum atomic E-state index is 12.0. The number of hydrogen-bond acceptors (Lipinski definition) is 7. The van der Waals surface area contributed by atoms with Crippen molar-refractivity contribution in [1.29, 1.82) is 0 Å². The van der Waals surface area contributed by atoms with Crippen molar-refractivity contribution >= 4 is 39.4 Å². The van der Waals surface area contributed by atoms with Gasteiger partial charge < -0.3 is 19.7 Å². The minimum Gasteiger partial charge on any atom is -0.454 e. The molecule has 0 atom stereocenters. The van der Waals surface area contributed by atoms with E-state index in [0.29, 0.717) is 24.0 Å². The average molecular weight is 377 g/mol. The molecule has 1 aromatic carbocycles. The minimum atomic E-state index is -0.142. The van der Waals surface area contributed by atoms with Gasteiger partial charge in [0.25, 0.3) is 5.24 Å². The zero-order chi connectivity index (χ0) is 17.2. The highest BCUT2D eigenvalue weighted by molar-refractivity contribution is 8.13. The van der Waals surface area contributed by atoms with Crippen LogP contribution in [0.4, 0.5) is 9.93 Å². The molecule has 130 valence electrons. The van der Waals surface area contributed by atoms with Gasteiger partial charge >= 0.3 is 0 Å². The Morgan fingerprint density at radius 2 is 2.20 bits per heavy atom.